The van der Waals surface area contributed by atoms with Gasteiger partial charge in [0.15, 0.2) is 6.04 Å². The molecular weight excluding hydrogens is 234 g/mol. The van der Waals surface area contributed by atoms with Crippen molar-refractivity contribution in [1.29, 1.82) is 0 Å². The molecule has 0 aromatic heterocycles. The van der Waals surface area contributed by atoms with Crippen LogP contribution >= 0.6 is 0 Å². The predicted octanol–water partition coefficient (Wildman–Crippen LogP) is 0.109. The molecule has 0 aromatic rings. The lowest BCUT2D eigenvalue weighted by molar-refractivity contribution is -0.711. The zero-order chi connectivity index (χ0) is 13.6. The van der Waals surface area contributed by atoms with Crippen LogP contribution in [-0.4, -0.2) is 46.4 Å². The van der Waals surface area contributed by atoms with Gasteiger partial charge in [0.2, 0.25) is 5.28 Å². The molecule has 9 nitrogen and oxygen atoms in total. The van der Waals surface area contributed by atoms with E-state index in [1.54, 1.807) is 0 Å². The third kappa shape index (κ3) is 5.54. The Labute approximate surface area is 97.7 Å². The maximum Gasteiger partial charge on any atom is 0.331 e. The number of nitrogens with zero attached hydrogens (tertiary/aromatic N) is 3. The molecule has 0 saturated carbocycles. The van der Waals surface area contributed by atoms with Gasteiger partial charge in [-0.15, -0.1) is 5.01 Å². The summed E-state index contributed by atoms with van der Waals surface area (Å²) in [6.07, 6.45) is -1.03. The Bertz CT molecular complexity index is 318. The Kier molecular flexibility index (Phi) is 5.72. The van der Waals surface area contributed by atoms with Gasteiger partial charge < -0.3 is 15.1 Å². The van der Waals surface area contributed by atoms with Crippen molar-refractivity contribution in [1.82, 2.24) is 5.01 Å². The van der Waals surface area contributed by atoms with Crippen LogP contribution in [0.5, 0.6) is 0 Å². The molecule has 0 aromatic carbocycles. The highest BCUT2D eigenvalue weighted by molar-refractivity contribution is 5.72. The van der Waals surface area contributed by atoms with Crippen molar-refractivity contribution in [2.45, 2.75) is 33.1 Å². The molecule has 0 aliphatic carbocycles. The van der Waals surface area contributed by atoms with Gasteiger partial charge in [-0.1, -0.05) is 0 Å². The molecule has 0 radical (unpaired) electrons. The van der Waals surface area contributed by atoms with E-state index in [1.807, 2.05) is 0 Å². The molecule has 98 valence electrons. The number of ether oxygens (including phenoxy) is 1. The number of carboxylic acid groups (broad SMARTS) is 1. The first-order valence-corrected chi connectivity index (χ1v) is 4.72. The number of hydrazine groups is 1. The second-order valence-corrected chi connectivity index (χ2v) is 3.20. The van der Waals surface area contributed by atoms with Crippen LogP contribution in [0.1, 0.15) is 20.8 Å². The summed E-state index contributed by atoms with van der Waals surface area (Å²) in [5, 5.41) is 23.7. The standard InChI is InChI=1S/C8H15N3O6/c1-5(8(13)14)10(4)11(15)9-17-7(3)16-6(2)12/h5,7H,1-4H3,(H,13,14)/b11-9+/t5-,7?/m0/s1. The maximum atomic E-state index is 11.2. The van der Waals surface area contributed by atoms with Crippen molar-refractivity contribution >= 4 is 11.9 Å². The topological polar surface area (TPSA) is 114 Å². The van der Waals surface area contributed by atoms with Gasteiger partial charge in [-0.3, -0.25) is 9.63 Å². The summed E-state index contributed by atoms with van der Waals surface area (Å²) in [6, 6.07) is -1.07. The fraction of sp³-hybridized carbons (Fsp3) is 0.750. The predicted molar refractivity (Wildman–Crippen MR) is 53.2 cm³/mol. The SMILES string of the molecule is CC(=O)OC(C)O/N=[N+](/[O-])N(C)[C@@H](C)C(=O)O. The van der Waals surface area contributed by atoms with Crippen molar-refractivity contribution < 1.29 is 29.2 Å². The van der Waals surface area contributed by atoms with E-state index < -0.39 is 24.3 Å². The zero-order valence-electron chi connectivity index (χ0n) is 9.98. The zero-order valence-corrected chi connectivity index (χ0v) is 9.98. The lowest BCUT2D eigenvalue weighted by Gasteiger charge is -2.17. The molecule has 0 saturated heterocycles. The summed E-state index contributed by atoms with van der Waals surface area (Å²) < 4.78 is 4.53. The van der Waals surface area contributed by atoms with E-state index in [-0.39, 0.29) is 4.97 Å². The van der Waals surface area contributed by atoms with Gasteiger partial charge in [-0.05, 0) is 6.92 Å². The lowest BCUT2D eigenvalue weighted by Crippen LogP contribution is -2.40. The highest BCUT2D eigenvalue weighted by Gasteiger charge is 2.23. The van der Waals surface area contributed by atoms with Gasteiger partial charge in [0, 0.05) is 13.8 Å². The largest absolute Gasteiger partial charge is 0.569 e. The lowest BCUT2D eigenvalue weighted by atomic mass is 10.3. The number of carbonyl (C=O) groups excluding carboxylic acids is 1. The van der Waals surface area contributed by atoms with Crippen LogP contribution in [0.25, 0.3) is 0 Å². The molecule has 17 heavy (non-hydrogen) atoms. The number of hydrogen-bond donors (Lipinski definition) is 1. The molecule has 0 bridgehead atoms. The van der Waals surface area contributed by atoms with Crippen LogP contribution in [0.4, 0.5) is 0 Å². The minimum absolute atomic E-state index is 0.0429. The number of likely N-dealkylation sites (N-methyl/N-ethyl adjacent to an activating group) is 1. The molecule has 0 fully saturated rings. The molecule has 0 spiro atoms. The van der Waals surface area contributed by atoms with Crippen LogP contribution < -0.4 is 0 Å². The number of rotatable bonds is 6. The third-order valence-electron chi connectivity index (χ3n) is 1.79. The molecule has 1 unspecified atom stereocenters. The summed E-state index contributed by atoms with van der Waals surface area (Å²) in [5.41, 5.74) is 0. The highest BCUT2D eigenvalue weighted by atomic mass is 16.8. The Morgan fingerprint density at radius 1 is 1.47 bits per heavy atom. The van der Waals surface area contributed by atoms with Crippen LogP contribution in [0.15, 0.2) is 5.28 Å². The Morgan fingerprint density at radius 2 is 2.00 bits per heavy atom. The minimum Gasteiger partial charge on any atom is -0.569 e. The number of hydrogen-bond acceptors (Lipinski definition) is 6. The summed E-state index contributed by atoms with van der Waals surface area (Å²) in [4.78, 5) is 25.6. The molecule has 2 atom stereocenters. The van der Waals surface area contributed by atoms with Crippen molar-refractivity contribution in [3.8, 4) is 0 Å². The minimum atomic E-state index is -1.18. The Hall–Kier alpha value is -2.06. The maximum absolute atomic E-state index is 11.2. The smallest absolute Gasteiger partial charge is 0.331 e. The number of esters is 1. The average Bonchev–Trinajstić information content (AvgIpc) is 2.22. The summed E-state index contributed by atoms with van der Waals surface area (Å²) in [6.45, 7) is 3.84. The van der Waals surface area contributed by atoms with E-state index in [0.29, 0.717) is 0 Å². The molecule has 1 N–H and O–H groups in total. The van der Waals surface area contributed by atoms with Crippen LogP contribution in [-0.2, 0) is 19.2 Å². The summed E-state index contributed by atoms with van der Waals surface area (Å²) in [7, 11) is 1.23. The highest BCUT2D eigenvalue weighted by Crippen LogP contribution is 2.00. The monoisotopic (exact) mass is 249 g/mol. The molecule has 0 heterocycles. The van der Waals surface area contributed by atoms with E-state index in [9.17, 15) is 14.8 Å². The van der Waals surface area contributed by atoms with Gasteiger partial charge in [0.1, 0.15) is 0 Å². The van der Waals surface area contributed by atoms with Crippen molar-refractivity contribution in [3.05, 3.63) is 5.21 Å². The van der Waals surface area contributed by atoms with E-state index in [2.05, 4.69) is 14.9 Å². The van der Waals surface area contributed by atoms with Crippen molar-refractivity contribution in [2.75, 3.05) is 7.05 Å². The molecule has 0 rings (SSSR count). The molecular formula is C8H15N3O6. The van der Waals surface area contributed by atoms with Gasteiger partial charge in [-0.25, -0.2) is 4.79 Å². The molecule has 0 aliphatic heterocycles. The first-order chi connectivity index (χ1) is 7.75. The number of carboxylic acids is 1. The first-order valence-electron chi connectivity index (χ1n) is 4.72. The molecule has 0 aliphatic rings. The van der Waals surface area contributed by atoms with Crippen LogP contribution in [0.2, 0.25) is 0 Å². The molecule has 0 amide bonds. The Morgan fingerprint density at radius 3 is 2.41 bits per heavy atom. The van der Waals surface area contributed by atoms with Crippen molar-refractivity contribution in [3.63, 3.8) is 0 Å². The first kappa shape index (κ1) is 14.9. The third-order valence-corrected chi connectivity index (χ3v) is 1.79. The van der Waals surface area contributed by atoms with E-state index in [4.69, 9.17) is 5.11 Å². The van der Waals surface area contributed by atoms with Gasteiger partial charge in [-0.2, -0.15) is 0 Å². The second kappa shape index (κ2) is 6.51. The Balaban J connectivity index is 4.34. The van der Waals surface area contributed by atoms with E-state index >= 15 is 0 Å². The fourth-order valence-electron chi connectivity index (χ4n) is 0.728. The van der Waals surface area contributed by atoms with Crippen LogP contribution in [0, 0.1) is 5.21 Å². The summed E-state index contributed by atoms with van der Waals surface area (Å²) in [5.74, 6) is -1.77. The van der Waals surface area contributed by atoms with Gasteiger partial charge in [0.25, 0.3) is 6.29 Å². The van der Waals surface area contributed by atoms with E-state index in [1.165, 1.54) is 27.8 Å². The fourth-order valence-corrected chi connectivity index (χ4v) is 0.728. The quantitative estimate of drug-likeness (QED) is 0.233. The molecule has 9 heteroatoms. The second-order valence-electron chi connectivity index (χ2n) is 3.20. The van der Waals surface area contributed by atoms with Crippen LogP contribution in [0.3, 0.4) is 0 Å². The van der Waals surface area contributed by atoms with E-state index in [0.717, 1.165) is 5.01 Å². The van der Waals surface area contributed by atoms with Gasteiger partial charge >= 0.3 is 11.9 Å². The summed E-state index contributed by atoms with van der Waals surface area (Å²) >= 11 is 0. The van der Waals surface area contributed by atoms with Crippen molar-refractivity contribution in [2.24, 2.45) is 5.28 Å². The normalized spacial score (nSPS) is 14.7. The average molecular weight is 249 g/mol. The van der Waals surface area contributed by atoms with Gasteiger partial charge in [0.05, 0.1) is 12.0 Å². The number of aliphatic carboxylic acids is 1. The number of carbonyl (C=O) groups is 2.